The van der Waals surface area contributed by atoms with Crippen molar-refractivity contribution < 1.29 is 14.3 Å². The first-order valence-electron chi connectivity index (χ1n) is 10.5. The second-order valence-corrected chi connectivity index (χ2v) is 8.48. The predicted octanol–water partition coefficient (Wildman–Crippen LogP) is 5.94. The van der Waals surface area contributed by atoms with Gasteiger partial charge in [0.05, 0.1) is 5.57 Å². The molecular formula is C26H30O3. The van der Waals surface area contributed by atoms with Crippen LogP contribution in [-0.2, 0) is 9.59 Å². The fraction of sp³-hybridized carbons (Fsp3) is 0.385. The molecule has 0 amide bonds. The molecule has 3 unspecified atom stereocenters. The lowest BCUT2D eigenvalue weighted by atomic mass is 9.73. The van der Waals surface area contributed by atoms with E-state index in [1.165, 1.54) is 0 Å². The minimum absolute atomic E-state index is 0.121. The Morgan fingerprint density at radius 1 is 1.10 bits per heavy atom. The van der Waals surface area contributed by atoms with E-state index in [9.17, 15) is 9.59 Å². The summed E-state index contributed by atoms with van der Waals surface area (Å²) in [7, 11) is 0. The van der Waals surface area contributed by atoms with Crippen molar-refractivity contribution in [3.8, 4) is 5.75 Å². The molecule has 1 saturated carbocycles. The normalized spacial score (nSPS) is 25.8. The molecule has 0 aliphatic heterocycles. The number of ether oxygens (including phenoxy) is 1. The fourth-order valence-electron chi connectivity index (χ4n) is 3.93. The molecular weight excluding hydrogens is 360 g/mol. The zero-order valence-electron chi connectivity index (χ0n) is 17.7. The largest absolute Gasteiger partial charge is 0.423 e. The molecule has 0 heterocycles. The van der Waals surface area contributed by atoms with Crippen molar-refractivity contribution in [2.75, 3.05) is 0 Å². The van der Waals surface area contributed by atoms with E-state index in [4.69, 9.17) is 4.74 Å². The van der Waals surface area contributed by atoms with E-state index in [1.54, 1.807) is 18.2 Å². The van der Waals surface area contributed by atoms with Gasteiger partial charge in [0.25, 0.3) is 0 Å². The molecule has 2 aliphatic rings. The minimum Gasteiger partial charge on any atom is -0.423 e. The second-order valence-electron chi connectivity index (χ2n) is 8.48. The molecule has 1 fully saturated rings. The zero-order valence-corrected chi connectivity index (χ0v) is 17.7. The second kappa shape index (κ2) is 9.21. The van der Waals surface area contributed by atoms with E-state index < -0.39 is 0 Å². The Bertz CT molecular complexity index is 881. The maximum absolute atomic E-state index is 12.9. The number of hydrogen-bond donors (Lipinski definition) is 0. The van der Waals surface area contributed by atoms with Gasteiger partial charge < -0.3 is 4.74 Å². The van der Waals surface area contributed by atoms with E-state index in [-0.39, 0.29) is 29.5 Å². The Balaban J connectivity index is 1.72. The van der Waals surface area contributed by atoms with Crippen molar-refractivity contribution in [3.05, 3.63) is 71.4 Å². The Hall–Kier alpha value is -2.68. The number of ketones is 1. The van der Waals surface area contributed by atoms with Gasteiger partial charge in [0, 0.05) is 5.92 Å². The topological polar surface area (TPSA) is 43.4 Å². The quantitative estimate of drug-likeness (QED) is 0.363. The Morgan fingerprint density at radius 2 is 1.83 bits per heavy atom. The molecule has 29 heavy (non-hydrogen) atoms. The highest BCUT2D eigenvalue weighted by molar-refractivity contribution is 6.02. The SMILES string of the molecule is CC1C=CC=CC(C(=O)Oc2ccc(/C=C3/C(=O)C(C(C)C)CCC3C)cc2)=C1. The van der Waals surface area contributed by atoms with Crippen LogP contribution in [0.2, 0.25) is 0 Å². The maximum Gasteiger partial charge on any atom is 0.343 e. The van der Waals surface area contributed by atoms with Crippen LogP contribution in [0.3, 0.4) is 0 Å². The summed E-state index contributed by atoms with van der Waals surface area (Å²) in [4.78, 5) is 25.3. The van der Waals surface area contributed by atoms with Gasteiger partial charge in [-0.2, -0.15) is 0 Å². The summed E-state index contributed by atoms with van der Waals surface area (Å²) in [5.74, 6) is 1.37. The van der Waals surface area contributed by atoms with Crippen molar-refractivity contribution in [2.24, 2.45) is 23.7 Å². The average Bonchev–Trinajstić information content (AvgIpc) is 2.90. The number of carbonyl (C=O) groups excluding carboxylic acids is 2. The first-order chi connectivity index (χ1) is 13.8. The van der Waals surface area contributed by atoms with Gasteiger partial charge in [-0.05, 0) is 66.0 Å². The van der Waals surface area contributed by atoms with Crippen LogP contribution in [0.15, 0.2) is 65.8 Å². The summed E-state index contributed by atoms with van der Waals surface area (Å²) in [5, 5.41) is 0. The summed E-state index contributed by atoms with van der Waals surface area (Å²) >= 11 is 0. The smallest absolute Gasteiger partial charge is 0.343 e. The third-order valence-electron chi connectivity index (χ3n) is 5.76. The van der Waals surface area contributed by atoms with Crippen LogP contribution in [0.1, 0.15) is 46.1 Å². The molecule has 0 saturated heterocycles. The van der Waals surface area contributed by atoms with E-state index in [1.807, 2.05) is 49.4 Å². The zero-order chi connectivity index (χ0) is 21.0. The van der Waals surface area contributed by atoms with E-state index in [2.05, 4.69) is 20.8 Å². The highest BCUT2D eigenvalue weighted by Gasteiger charge is 2.32. The Labute approximate surface area is 173 Å². The number of esters is 1. The van der Waals surface area contributed by atoms with Crippen molar-refractivity contribution >= 4 is 17.8 Å². The molecule has 152 valence electrons. The molecule has 2 aliphatic carbocycles. The van der Waals surface area contributed by atoms with Crippen LogP contribution >= 0.6 is 0 Å². The number of rotatable bonds is 4. The number of benzene rings is 1. The lowest BCUT2D eigenvalue weighted by molar-refractivity contribution is -0.129. The molecule has 0 spiro atoms. The van der Waals surface area contributed by atoms with Crippen molar-refractivity contribution in [2.45, 2.75) is 40.5 Å². The van der Waals surface area contributed by atoms with Crippen molar-refractivity contribution in [1.29, 1.82) is 0 Å². The maximum atomic E-state index is 12.9. The Kier molecular flexibility index (Phi) is 6.68. The van der Waals surface area contributed by atoms with Gasteiger partial charge in [0.1, 0.15) is 5.75 Å². The van der Waals surface area contributed by atoms with Crippen LogP contribution in [-0.4, -0.2) is 11.8 Å². The fourth-order valence-corrected chi connectivity index (χ4v) is 3.93. The van der Waals surface area contributed by atoms with Gasteiger partial charge in [0.15, 0.2) is 5.78 Å². The molecule has 3 heteroatoms. The number of allylic oxidation sites excluding steroid dienone is 5. The molecule has 0 N–H and O–H groups in total. The molecule has 3 nitrogen and oxygen atoms in total. The lowest BCUT2D eigenvalue weighted by Gasteiger charge is -2.30. The molecule has 1 aromatic carbocycles. The van der Waals surface area contributed by atoms with E-state index in [0.29, 0.717) is 17.2 Å². The summed E-state index contributed by atoms with van der Waals surface area (Å²) in [5.41, 5.74) is 2.42. The molecule has 0 radical (unpaired) electrons. The third kappa shape index (κ3) is 5.23. The van der Waals surface area contributed by atoms with Crippen molar-refractivity contribution in [3.63, 3.8) is 0 Å². The third-order valence-corrected chi connectivity index (χ3v) is 5.76. The van der Waals surface area contributed by atoms with Gasteiger partial charge in [-0.25, -0.2) is 4.79 Å². The average molecular weight is 391 g/mol. The first kappa shape index (κ1) is 21.0. The van der Waals surface area contributed by atoms with Gasteiger partial charge in [-0.1, -0.05) is 64.1 Å². The highest BCUT2D eigenvalue weighted by Crippen LogP contribution is 2.35. The van der Waals surface area contributed by atoms with Gasteiger partial charge in [-0.3, -0.25) is 4.79 Å². The van der Waals surface area contributed by atoms with Crippen molar-refractivity contribution in [1.82, 2.24) is 0 Å². The predicted molar refractivity (Wildman–Crippen MR) is 117 cm³/mol. The van der Waals surface area contributed by atoms with Crippen LogP contribution in [0, 0.1) is 23.7 Å². The molecule has 3 atom stereocenters. The standard InChI is InChI=1S/C26H30O3/c1-17(2)23-14-9-19(4)24(25(23)27)16-20-10-12-22(13-11-20)29-26(28)21-8-6-5-7-18(3)15-21/h5-8,10-13,15-19,23H,9,14H2,1-4H3/b24-16+. The molecule has 0 aromatic heterocycles. The molecule has 0 bridgehead atoms. The van der Waals surface area contributed by atoms with Crippen LogP contribution in [0.4, 0.5) is 0 Å². The van der Waals surface area contributed by atoms with Gasteiger partial charge in [-0.15, -0.1) is 0 Å². The number of Topliss-reactive ketones (excluding diaryl/α,β-unsaturated/α-hetero) is 1. The number of hydrogen-bond acceptors (Lipinski definition) is 3. The lowest BCUT2D eigenvalue weighted by Crippen LogP contribution is -2.30. The minimum atomic E-state index is -0.362. The van der Waals surface area contributed by atoms with E-state index in [0.717, 1.165) is 24.0 Å². The molecule has 3 rings (SSSR count). The van der Waals surface area contributed by atoms with Gasteiger partial charge in [0.2, 0.25) is 0 Å². The summed E-state index contributed by atoms with van der Waals surface area (Å²) in [6.07, 6.45) is 13.5. The number of carbonyl (C=O) groups is 2. The summed E-state index contributed by atoms with van der Waals surface area (Å²) < 4.78 is 5.52. The van der Waals surface area contributed by atoms with Crippen LogP contribution < -0.4 is 4.74 Å². The summed E-state index contributed by atoms with van der Waals surface area (Å²) in [6, 6.07) is 7.36. The monoisotopic (exact) mass is 390 g/mol. The van der Waals surface area contributed by atoms with Crippen LogP contribution in [0.5, 0.6) is 5.75 Å². The van der Waals surface area contributed by atoms with E-state index >= 15 is 0 Å². The van der Waals surface area contributed by atoms with Crippen LogP contribution in [0.25, 0.3) is 6.08 Å². The first-order valence-corrected chi connectivity index (χ1v) is 10.5. The van der Waals surface area contributed by atoms with Gasteiger partial charge >= 0.3 is 5.97 Å². The summed E-state index contributed by atoms with van der Waals surface area (Å²) in [6.45, 7) is 8.39. The Morgan fingerprint density at radius 3 is 2.52 bits per heavy atom. The highest BCUT2D eigenvalue weighted by atomic mass is 16.5. The molecule has 1 aromatic rings.